The lowest BCUT2D eigenvalue weighted by Gasteiger charge is -2.27. The summed E-state index contributed by atoms with van der Waals surface area (Å²) in [6, 6.07) is 7.27. The summed E-state index contributed by atoms with van der Waals surface area (Å²) < 4.78 is 0. The molecule has 0 aromatic heterocycles. The van der Waals surface area contributed by atoms with Crippen LogP contribution in [0.2, 0.25) is 0 Å². The maximum absolute atomic E-state index is 12.3. The first kappa shape index (κ1) is 14.6. The van der Waals surface area contributed by atoms with Gasteiger partial charge in [0.05, 0.1) is 0 Å². The number of carbonyl (C=O) groups is 2. The van der Waals surface area contributed by atoms with Gasteiger partial charge in [0.2, 0.25) is 0 Å². The Balaban J connectivity index is 2.01. The molecule has 1 fully saturated rings. The summed E-state index contributed by atoms with van der Waals surface area (Å²) in [5.41, 5.74) is 1.39. The van der Waals surface area contributed by atoms with Gasteiger partial charge in [-0.1, -0.05) is 12.8 Å². The third-order valence-electron chi connectivity index (χ3n) is 3.86. The Morgan fingerprint density at radius 2 is 1.85 bits per heavy atom. The fourth-order valence-electron chi connectivity index (χ4n) is 2.56. The third-order valence-corrected chi connectivity index (χ3v) is 3.86. The van der Waals surface area contributed by atoms with E-state index < -0.39 is 0 Å². The quantitative estimate of drug-likeness (QED) is 0.836. The molecule has 4 nitrogen and oxygen atoms in total. The van der Waals surface area contributed by atoms with Crippen molar-refractivity contribution in [2.75, 3.05) is 11.9 Å². The molecule has 1 heterocycles. The van der Waals surface area contributed by atoms with Gasteiger partial charge in [0.1, 0.15) is 0 Å². The lowest BCUT2D eigenvalue weighted by atomic mass is 10.1. The number of anilines is 1. The molecule has 0 aliphatic carbocycles. The number of urea groups is 1. The number of carbonyl (C=O) groups excluding carboxylic acids is 2. The van der Waals surface area contributed by atoms with Gasteiger partial charge in [-0.2, -0.15) is 0 Å². The Morgan fingerprint density at radius 3 is 2.50 bits per heavy atom. The smallest absolute Gasteiger partial charge is 0.322 e. The number of Topliss-reactive ketones (excluding diaryl/α,β-unsaturated/α-hetero) is 1. The highest BCUT2D eigenvalue weighted by atomic mass is 16.2. The van der Waals surface area contributed by atoms with E-state index in [2.05, 4.69) is 12.2 Å². The second kappa shape index (κ2) is 6.55. The van der Waals surface area contributed by atoms with Crippen LogP contribution in [0, 0.1) is 0 Å². The van der Waals surface area contributed by atoms with E-state index in [9.17, 15) is 9.59 Å². The molecule has 1 saturated heterocycles. The van der Waals surface area contributed by atoms with Crippen molar-refractivity contribution in [2.24, 2.45) is 0 Å². The minimum Gasteiger partial charge on any atom is -0.322 e. The molecule has 1 N–H and O–H groups in total. The van der Waals surface area contributed by atoms with Crippen LogP contribution in [-0.2, 0) is 0 Å². The van der Waals surface area contributed by atoms with Crippen molar-refractivity contribution >= 4 is 17.5 Å². The van der Waals surface area contributed by atoms with Gasteiger partial charge in [-0.05, 0) is 51.0 Å². The largest absolute Gasteiger partial charge is 0.322 e. The summed E-state index contributed by atoms with van der Waals surface area (Å²) in [4.78, 5) is 25.4. The van der Waals surface area contributed by atoms with E-state index in [-0.39, 0.29) is 17.9 Å². The van der Waals surface area contributed by atoms with Crippen molar-refractivity contribution < 1.29 is 9.59 Å². The van der Waals surface area contributed by atoms with Crippen LogP contribution in [0.4, 0.5) is 10.5 Å². The molecule has 4 heteroatoms. The van der Waals surface area contributed by atoms with E-state index in [0.29, 0.717) is 5.56 Å². The van der Waals surface area contributed by atoms with Gasteiger partial charge in [-0.3, -0.25) is 4.79 Å². The predicted octanol–water partition coefficient (Wildman–Crippen LogP) is 3.69. The van der Waals surface area contributed by atoms with E-state index in [1.807, 2.05) is 4.90 Å². The number of ketones is 1. The summed E-state index contributed by atoms with van der Waals surface area (Å²) in [7, 11) is 0. The predicted molar refractivity (Wildman–Crippen MR) is 80.1 cm³/mol. The zero-order valence-corrected chi connectivity index (χ0v) is 12.2. The Kier molecular flexibility index (Phi) is 4.77. The number of hydrogen-bond donors (Lipinski definition) is 1. The van der Waals surface area contributed by atoms with Crippen molar-refractivity contribution in [2.45, 2.75) is 45.6 Å². The molecule has 1 atom stereocenters. The summed E-state index contributed by atoms with van der Waals surface area (Å²) in [6.07, 6.45) is 4.53. The highest BCUT2D eigenvalue weighted by Crippen LogP contribution is 2.18. The molecular weight excluding hydrogens is 252 g/mol. The number of nitrogens with zero attached hydrogens (tertiary/aromatic N) is 1. The normalized spacial score (nSPS) is 19.3. The van der Waals surface area contributed by atoms with Gasteiger partial charge in [-0.25, -0.2) is 4.79 Å². The zero-order valence-electron chi connectivity index (χ0n) is 12.2. The molecule has 1 aliphatic rings. The van der Waals surface area contributed by atoms with Crippen LogP contribution in [0.5, 0.6) is 0 Å². The number of amides is 2. The van der Waals surface area contributed by atoms with Crippen LogP contribution in [-0.4, -0.2) is 29.3 Å². The minimum absolute atomic E-state index is 0.0315. The molecule has 1 aromatic carbocycles. The molecule has 20 heavy (non-hydrogen) atoms. The molecule has 1 unspecified atom stereocenters. The summed E-state index contributed by atoms with van der Waals surface area (Å²) in [6.45, 7) is 4.45. The average Bonchev–Trinajstić information content (AvgIpc) is 2.64. The Labute approximate surface area is 120 Å². The maximum atomic E-state index is 12.3. The number of hydrogen-bond acceptors (Lipinski definition) is 2. The molecule has 2 amide bonds. The SMILES string of the molecule is CC(=O)c1ccc(NC(=O)N2CCCCCC2C)cc1. The second-order valence-corrected chi connectivity index (χ2v) is 5.46. The first-order chi connectivity index (χ1) is 9.58. The summed E-state index contributed by atoms with van der Waals surface area (Å²) in [5, 5.41) is 2.91. The molecule has 1 aromatic rings. The standard InChI is InChI=1S/C16H22N2O2/c1-12-6-4-3-5-11-18(12)16(20)17-15-9-7-14(8-10-15)13(2)19/h7-10,12H,3-6,11H2,1-2H3,(H,17,20). The molecule has 0 saturated carbocycles. The Bertz CT molecular complexity index is 482. The van der Waals surface area contributed by atoms with Gasteiger partial charge in [-0.15, -0.1) is 0 Å². The van der Waals surface area contributed by atoms with Crippen LogP contribution in [0.15, 0.2) is 24.3 Å². The van der Waals surface area contributed by atoms with Crippen molar-refractivity contribution in [1.82, 2.24) is 4.90 Å². The van der Waals surface area contributed by atoms with Gasteiger partial charge >= 0.3 is 6.03 Å². The minimum atomic E-state index is -0.0463. The highest BCUT2D eigenvalue weighted by molar-refractivity contribution is 5.95. The zero-order chi connectivity index (χ0) is 14.5. The molecule has 2 rings (SSSR count). The van der Waals surface area contributed by atoms with Gasteiger partial charge in [0.15, 0.2) is 5.78 Å². The fourth-order valence-corrected chi connectivity index (χ4v) is 2.56. The van der Waals surface area contributed by atoms with Gasteiger partial charge in [0, 0.05) is 23.8 Å². The van der Waals surface area contributed by atoms with E-state index in [1.165, 1.54) is 19.8 Å². The van der Waals surface area contributed by atoms with Crippen LogP contribution < -0.4 is 5.32 Å². The molecular formula is C16H22N2O2. The lowest BCUT2D eigenvalue weighted by Crippen LogP contribution is -2.41. The summed E-state index contributed by atoms with van der Waals surface area (Å²) in [5.74, 6) is 0.0315. The maximum Gasteiger partial charge on any atom is 0.322 e. The number of likely N-dealkylation sites (tertiary alicyclic amines) is 1. The average molecular weight is 274 g/mol. The molecule has 1 aliphatic heterocycles. The van der Waals surface area contributed by atoms with E-state index in [4.69, 9.17) is 0 Å². The Hall–Kier alpha value is -1.84. The topological polar surface area (TPSA) is 49.4 Å². The van der Waals surface area contributed by atoms with Crippen molar-refractivity contribution in [3.63, 3.8) is 0 Å². The van der Waals surface area contributed by atoms with Crippen LogP contribution >= 0.6 is 0 Å². The van der Waals surface area contributed by atoms with Crippen LogP contribution in [0.1, 0.15) is 49.9 Å². The lowest BCUT2D eigenvalue weighted by molar-refractivity contribution is 0.101. The third kappa shape index (κ3) is 3.59. The highest BCUT2D eigenvalue weighted by Gasteiger charge is 2.21. The van der Waals surface area contributed by atoms with E-state index >= 15 is 0 Å². The van der Waals surface area contributed by atoms with Crippen molar-refractivity contribution in [3.05, 3.63) is 29.8 Å². The number of benzene rings is 1. The van der Waals surface area contributed by atoms with Crippen LogP contribution in [0.25, 0.3) is 0 Å². The van der Waals surface area contributed by atoms with Gasteiger partial charge < -0.3 is 10.2 Å². The van der Waals surface area contributed by atoms with Crippen molar-refractivity contribution in [3.8, 4) is 0 Å². The fraction of sp³-hybridized carbons (Fsp3) is 0.500. The molecule has 0 spiro atoms. The summed E-state index contributed by atoms with van der Waals surface area (Å²) >= 11 is 0. The molecule has 0 bridgehead atoms. The van der Waals surface area contributed by atoms with Crippen LogP contribution in [0.3, 0.4) is 0 Å². The van der Waals surface area contributed by atoms with Crippen molar-refractivity contribution in [1.29, 1.82) is 0 Å². The molecule has 108 valence electrons. The first-order valence-corrected chi connectivity index (χ1v) is 7.26. The second-order valence-electron chi connectivity index (χ2n) is 5.46. The monoisotopic (exact) mass is 274 g/mol. The van der Waals surface area contributed by atoms with E-state index in [0.717, 1.165) is 25.1 Å². The number of rotatable bonds is 2. The Morgan fingerprint density at radius 1 is 1.15 bits per heavy atom. The molecule has 0 radical (unpaired) electrons. The van der Waals surface area contributed by atoms with Gasteiger partial charge in [0.25, 0.3) is 0 Å². The van der Waals surface area contributed by atoms with E-state index in [1.54, 1.807) is 24.3 Å². The first-order valence-electron chi connectivity index (χ1n) is 7.26. The number of nitrogens with one attached hydrogen (secondary N) is 1.